The zero-order chi connectivity index (χ0) is 12.3. The van der Waals surface area contributed by atoms with Crippen LogP contribution in [-0.4, -0.2) is 35.6 Å². The van der Waals surface area contributed by atoms with Crippen molar-refractivity contribution in [3.8, 4) is 6.01 Å². The van der Waals surface area contributed by atoms with Crippen LogP contribution in [0.1, 0.15) is 12.8 Å². The fourth-order valence-electron chi connectivity index (χ4n) is 1.60. The van der Waals surface area contributed by atoms with Gasteiger partial charge < -0.3 is 15.4 Å². The molecule has 1 amide bonds. The number of rotatable bonds is 3. The van der Waals surface area contributed by atoms with Crippen LogP contribution in [-0.2, 0) is 4.79 Å². The number of carbonyl (C=O) groups excluding carboxylic acids is 1. The highest BCUT2D eigenvalue weighted by Gasteiger charge is 2.19. The average molecular weight is 257 g/mol. The highest BCUT2D eigenvalue weighted by atomic mass is 35.5. The lowest BCUT2D eigenvalue weighted by atomic mass is 10.1. The van der Waals surface area contributed by atoms with E-state index in [4.69, 9.17) is 16.3 Å². The number of nitrogens with one attached hydrogen (secondary N) is 2. The minimum Gasteiger partial charge on any atom is -0.467 e. The van der Waals surface area contributed by atoms with Crippen molar-refractivity contribution in [3.63, 3.8) is 0 Å². The molecule has 1 aliphatic rings. The van der Waals surface area contributed by atoms with Gasteiger partial charge in [0.25, 0.3) is 0 Å². The first-order valence-corrected chi connectivity index (χ1v) is 5.66. The molecule has 17 heavy (non-hydrogen) atoms. The molecule has 6 nitrogen and oxygen atoms in total. The molecule has 0 aliphatic carbocycles. The van der Waals surface area contributed by atoms with Gasteiger partial charge in [-0.25, -0.2) is 4.98 Å². The van der Waals surface area contributed by atoms with Gasteiger partial charge in [-0.3, -0.25) is 4.79 Å². The fraction of sp³-hybridized carbons (Fsp3) is 0.500. The van der Waals surface area contributed by atoms with E-state index in [1.54, 1.807) is 0 Å². The summed E-state index contributed by atoms with van der Waals surface area (Å²) in [6, 6.07) is 0.390. The van der Waals surface area contributed by atoms with Gasteiger partial charge in [-0.1, -0.05) is 11.6 Å². The van der Waals surface area contributed by atoms with E-state index in [1.807, 2.05) is 0 Å². The molecule has 2 rings (SSSR count). The Labute approximate surface area is 104 Å². The van der Waals surface area contributed by atoms with Gasteiger partial charge in [0, 0.05) is 19.0 Å². The summed E-state index contributed by atoms with van der Waals surface area (Å²) in [5.74, 6) is 0.606. The topological polar surface area (TPSA) is 76.1 Å². The summed E-state index contributed by atoms with van der Waals surface area (Å²) in [6.07, 6.45) is 2.75. The third-order valence-electron chi connectivity index (χ3n) is 2.51. The van der Waals surface area contributed by atoms with E-state index in [1.165, 1.54) is 13.3 Å². The van der Waals surface area contributed by atoms with Crippen molar-refractivity contribution in [2.45, 2.75) is 18.9 Å². The van der Waals surface area contributed by atoms with Crippen molar-refractivity contribution < 1.29 is 9.53 Å². The number of ether oxygens (including phenoxy) is 1. The average Bonchev–Trinajstić information content (AvgIpc) is 2.35. The molecule has 0 bridgehead atoms. The standard InChI is InChI=1S/C10H13ClN4O2/c1-17-10-13-5-7(11)9(15-10)14-6-2-3-8(16)12-4-6/h5-6H,2-4H2,1H3,(H,12,16)(H,13,14,15). The Balaban J connectivity index is 2.04. The number of methoxy groups -OCH3 is 1. The van der Waals surface area contributed by atoms with Crippen molar-refractivity contribution >= 4 is 23.3 Å². The summed E-state index contributed by atoms with van der Waals surface area (Å²) in [5.41, 5.74) is 0. The number of nitrogens with zero attached hydrogens (tertiary/aromatic N) is 2. The van der Waals surface area contributed by atoms with Crippen LogP contribution in [0.4, 0.5) is 5.82 Å². The Hall–Kier alpha value is -1.56. The number of hydrogen-bond donors (Lipinski definition) is 2. The van der Waals surface area contributed by atoms with Crippen LogP contribution in [0.15, 0.2) is 6.20 Å². The van der Waals surface area contributed by atoms with E-state index < -0.39 is 0 Å². The third-order valence-corrected chi connectivity index (χ3v) is 2.79. The van der Waals surface area contributed by atoms with Gasteiger partial charge in [-0.05, 0) is 6.42 Å². The summed E-state index contributed by atoms with van der Waals surface area (Å²) >= 11 is 5.97. The van der Waals surface area contributed by atoms with Gasteiger partial charge in [-0.2, -0.15) is 4.98 Å². The van der Waals surface area contributed by atoms with Crippen LogP contribution >= 0.6 is 11.6 Å². The molecule has 7 heteroatoms. The van der Waals surface area contributed by atoms with E-state index in [2.05, 4.69) is 20.6 Å². The van der Waals surface area contributed by atoms with E-state index in [0.717, 1.165) is 6.42 Å². The van der Waals surface area contributed by atoms with Crippen molar-refractivity contribution in [1.82, 2.24) is 15.3 Å². The number of amides is 1. The normalized spacial score (nSPS) is 19.6. The molecule has 92 valence electrons. The molecule has 1 aromatic rings. The minimum absolute atomic E-state index is 0.0782. The maximum Gasteiger partial charge on any atom is 0.318 e. The van der Waals surface area contributed by atoms with Crippen LogP contribution in [0.25, 0.3) is 0 Å². The Kier molecular flexibility index (Phi) is 3.63. The molecule has 1 atom stereocenters. The van der Waals surface area contributed by atoms with Gasteiger partial charge in [0.15, 0.2) is 5.82 Å². The molecular weight excluding hydrogens is 244 g/mol. The SMILES string of the molecule is COc1ncc(Cl)c(NC2CCC(=O)NC2)n1. The van der Waals surface area contributed by atoms with Crippen LogP contribution in [0.3, 0.4) is 0 Å². The van der Waals surface area contributed by atoms with Gasteiger partial charge in [0.05, 0.1) is 13.3 Å². The van der Waals surface area contributed by atoms with Gasteiger partial charge in [0.1, 0.15) is 5.02 Å². The second-order valence-corrected chi connectivity index (χ2v) is 4.14. The molecule has 0 radical (unpaired) electrons. The van der Waals surface area contributed by atoms with E-state index >= 15 is 0 Å². The maximum absolute atomic E-state index is 11.0. The summed E-state index contributed by atoms with van der Waals surface area (Å²) in [6.45, 7) is 0.571. The number of anilines is 1. The Morgan fingerprint density at radius 2 is 2.47 bits per heavy atom. The van der Waals surface area contributed by atoms with Crippen LogP contribution < -0.4 is 15.4 Å². The Morgan fingerprint density at radius 1 is 1.65 bits per heavy atom. The maximum atomic E-state index is 11.0. The van der Waals surface area contributed by atoms with Crippen LogP contribution in [0.5, 0.6) is 6.01 Å². The third kappa shape index (κ3) is 2.97. The summed E-state index contributed by atoms with van der Waals surface area (Å²) in [7, 11) is 1.49. The molecule has 2 heterocycles. The molecule has 1 aromatic heterocycles. The fourth-order valence-corrected chi connectivity index (χ4v) is 1.75. The molecule has 0 saturated carbocycles. The highest BCUT2D eigenvalue weighted by molar-refractivity contribution is 6.32. The molecule has 1 unspecified atom stereocenters. The molecule has 1 aliphatic heterocycles. The van der Waals surface area contributed by atoms with Gasteiger partial charge >= 0.3 is 6.01 Å². The summed E-state index contributed by atoms with van der Waals surface area (Å²) in [4.78, 5) is 19.0. The van der Waals surface area contributed by atoms with Crippen molar-refractivity contribution in [1.29, 1.82) is 0 Å². The first-order valence-electron chi connectivity index (χ1n) is 5.29. The van der Waals surface area contributed by atoms with E-state index in [-0.39, 0.29) is 18.0 Å². The predicted octanol–water partition coefficient (Wildman–Crippen LogP) is 0.829. The molecule has 0 spiro atoms. The number of carbonyl (C=O) groups is 1. The lowest BCUT2D eigenvalue weighted by molar-refractivity contribution is -0.122. The summed E-state index contributed by atoms with van der Waals surface area (Å²) in [5, 5.41) is 6.38. The summed E-state index contributed by atoms with van der Waals surface area (Å²) < 4.78 is 4.93. The highest BCUT2D eigenvalue weighted by Crippen LogP contribution is 2.22. The first-order chi connectivity index (χ1) is 8.19. The van der Waals surface area contributed by atoms with Crippen molar-refractivity contribution in [3.05, 3.63) is 11.2 Å². The molecule has 2 N–H and O–H groups in total. The van der Waals surface area contributed by atoms with Crippen LogP contribution in [0, 0.1) is 0 Å². The number of hydrogen-bond acceptors (Lipinski definition) is 5. The van der Waals surface area contributed by atoms with Gasteiger partial charge in [-0.15, -0.1) is 0 Å². The molecule has 1 fully saturated rings. The van der Waals surface area contributed by atoms with E-state index in [0.29, 0.717) is 23.8 Å². The second-order valence-electron chi connectivity index (χ2n) is 3.74. The second kappa shape index (κ2) is 5.18. The Morgan fingerprint density at radius 3 is 3.12 bits per heavy atom. The number of aromatic nitrogens is 2. The number of piperidine rings is 1. The van der Waals surface area contributed by atoms with E-state index in [9.17, 15) is 4.79 Å². The monoisotopic (exact) mass is 256 g/mol. The lowest BCUT2D eigenvalue weighted by Crippen LogP contribution is -2.42. The number of halogens is 1. The lowest BCUT2D eigenvalue weighted by Gasteiger charge is -2.24. The minimum atomic E-state index is 0.0782. The van der Waals surface area contributed by atoms with Crippen molar-refractivity contribution in [2.24, 2.45) is 0 Å². The Bertz CT molecular complexity index is 417. The van der Waals surface area contributed by atoms with Gasteiger partial charge in [0.2, 0.25) is 5.91 Å². The zero-order valence-corrected chi connectivity index (χ0v) is 10.1. The predicted molar refractivity (Wildman–Crippen MR) is 63.2 cm³/mol. The first kappa shape index (κ1) is 11.9. The van der Waals surface area contributed by atoms with Crippen molar-refractivity contribution in [2.75, 3.05) is 19.0 Å². The molecule has 1 saturated heterocycles. The quantitative estimate of drug-likeness (QED) is 0.838. The molecular formula is C10H13ClN4O2. The van der Waals surface area contributed by atoms with Crippen LogP contribution in [0.2, 0.25) is 5.02 Å². The molecule has 0 aromatic carbocycles. The largest absolute Gasteiger partial charge is 0.467 e. The smallest absolute Gasteiger partial charge is 0.318 e. The zero-order valence-electron chi connectivity index (χ0n) is 9.36.